The molecule has 1 aliphatic rings. The minimum Gasteiger partial charge on any atom is -0.409 e. The summed E-state index contributed by atoms with van der Waals surface area (Å²) in [5.74, 6) is 1.70. The molecular weight excluding hydrogens is 240 g/mol. The van der Waals surface area contributed by atoms with Gasteiger partial charge in [0.1, 0.15) is 5.82 Å². The number of aryl methyl sites for hydroxylation is 1. The Balaban J connectivity index is 2.42. The third-order valence-corrected chi connectivity index (χ3v) is 3.91. The first-order valence-electron chi connectivity index (χ1n) is 6.74. The maximum absolute atomic E-state index is 8.96. The van der Waals surface area contributed by atoms with E-state index in [-0.39, 0.29) is 5.84 Å². The van der Waals surface area contributed by atoms with Crippen molar-refractivity contribution in [1.82, 2.24) is 4.98 Å². The number of nitrogens with zero attached hydrogens (tertiary/aromatic N) is 3. The van der Waals surface area contributed by atoms with Gasteiger partial charge < -0.3 is 15.8 Å². The van der Waals surface area contributed by atoms with Gasteiger partial charge in [0.2, 0.25) is 0 Å². The fourth-order valence-corrected chi connectivity index (χ4v) is 2.85. The molecule has 2 rings (SSSR count). The van der Waals surface area contributed by atoms with Crippen LogP contribution < -0.4 is 10.6 Å². The van der Waals surface area contributed by atoms with Crippen LogP contribution in [-0.4, -0.2) is 28.6 Å². The van der Waals surface area contributed by atoms with Crippen molar-refractivity contribution in [2.24, 2.45) is 16.8 Å². The maximum atomic E-state index is 8.96. The van der Waals surface area contributed by atoms with Gasteiger partial charge in [-0.1, -0.05) is 12.1 Å². The third kappa shape index (κ3) is 2.64. The number of hydrogen-bond acceptors (Lipinski definition) is 4. The number of amidine groups is 1. The molecule has 0 aliphatic carbocycles. The first-order chi connectivity index (χ1) is 9.04. The van der Waals surface area contributed by atoms with Crippen molar-refractivity contribution < 1.29 is 5.21 Å². The van der Waals surface area contributed by atoms with Crippen molar-refractivity contribution >= 4 is 11.7 Å². The molecule has 1 saturated heterocycles. The predicted octanol–water partition coefficient (Wildman–Crippen LogP) is 2.11. The van der Waals surface area contributed by atoms with Crippen LogP contribution in [-0.2, 0) is 0 Å². The lowest BCUT2D eigenvalue weighted by Crippen LogP contribution is -2.42. The van der Waals surface area contributed by atoms with Crippen LogP contribution in [0.4, 0.5) is 5.82 Å². The van der Waals surface area contributed by atoms with Gasteiger partial charge in [-0.05, 0) is 44.2 Å². The van der Waals surface area contributed by atoms with Crippen LogP contribution in [0.1, 0.15) is 37.8 Å². The predicted molar refractivity (Wildman–Crippen MR) is 76.7 cm³/mol. The molecule has 1 aromatic rings. The second kappa shape index (κ2) is 5.47. The summed E-state index contributed by atoms with van der Waals surface area (Å²) >= 11 is 0. The molecule has 19 heavy (non-hydrogen) atoms. The van der Waals surface area contributed by atoms with E-state index >= 15 is 0 Å². The molecule has 0 bridgehead atoms. The molecule has 3 N–H and O–H groups in total. The number of nitrogens with two attached hydrogens (primary N) is 1. The largest absolute Gasteiger partial charge is 0.409 e. The van der Waals surface area contributed by atoms with E-state index in [0.29, 0.717) is 6.04 Å². The Kier molecular flexibility index (Phi) is 3.93. The first-order valence-corrected chi connectivity index (χ1v) is 6.74. The van der Waals surface area contributed by atoms with Gasteiger partial charge in [0.05, 0.1) is 5.56 Å². The van der Waals surface area contributed by atoms with Gasteiger partial charge in [-0.3, -0.25) is 0 Å². The number of pyridine rings is 1. The minimum absolute atomic E-state index is 0.131. The van der Waals surface area contributed by atoms with Crippen molar-refractivity contribution in [3.8, 4) is 0 Å². The molecule has 104 valence electrons. The molecule has 2 unspecified atom stereocenters. The Hall–Kier alpha value is -1.78. The maximum Gasteiger partial charge on any atom is 0.174 e. The third-order valence-electron chi connectivity index (χ3n) is 3.91. The molecule has 0 aromatic carbocycles. The summed E-state index contributed by atoms with van der Waals surface area (Å²) in [7, 11) is 0. The second-order valence-electron chi connectivity index (χ2n) is 5.48. The highest BCUT2D eigenvalue weighted by Crippen LogP contribution is 2.29. The number of oxime groups is 1. The summed E-state index contributed by atoms with van der Waals surface area (Å²) in [6, 6.07) is 2.30. The summed E-state index contributed by atoms with van der Waals surface area (Å²) < 4.78 is 0. The summed E-state index contributed by atoms with van der Waals surface area (Å²) in [4.78, 5) is 6.73. The van der Waals surface area contributed by atoms with E-state index in [0.717, 1.165) is 42.2 Å². The molecule has 2 heterocycles. The first kappa shape index (κ1) is 13.6. The van der Waals surface area contributed by atoms with E-state index in [1.54, 1.807) is 6.20 Å². The zero-order chi connectivity index (χ0) is 14.0. The summed E-state index contributed by atoms with van der Waals surface area (Å²) in [5.41, 5.74) is 7.53. The van der Waals surface area contributed by atoms with Crippen LogP contribution >= 0.6 is 0 Å². The Bertz CT molecular complexity index is 486. The van der Waals surface area contributed by atoms with Gasteiger partial charge in [-0.2, -0.15) is 0 Å². The average Bonchev–Trinajstić information content (AvgIpc) is 2.37. The molecule has 0 amide bonds. The normalized spacial score (nSPS) is 24.6. The smallest absolute Gasteiger partial charge is 0.174 e. The molecule has 1 aromatic heterocycles. The molecule has 0 radical (unpaired) electrons. The number of hydrogen-bond donors (Lipinski definition) is 2. The SMILES string of the molecule is Cc1ccnc(N2CCC(C)CC2C)c1/C(N)=N/O. The molecule has 0 saturated carbocycles. The highest BCUT2D eigenvalue weighted by molar-refractivity contribution is 6.02. The Morgan fingerprint density at radius 2 is 2.26 bits per heavy atom. The number of anilines is 1. The molecule has 5 nitrogen and oxygen atoms in total. The molecule has 5 heteroatoms. The zero-order valence-corrected chi connectivity index (χ0v) is 11.8. The second-order valence-corrected chi connectivity index (χ2v) is 5.48. The Morgan fingerprint density at radius 1 is 1.53 bits per heavy atom. The Morgan fingerprint density at radius 3 is 2.89 bits per heavy atom. The fraction of sp³-hybridized carbons (Fsp3) is 0.571. The van der Waals surface area contributed by atoms with Gasteiger partial charge >= 0.3 is 0 Å². The van der Waals surface area contributed by atoms with Crippen molar-refractivity contribution in [2.45, 2.75) is 39.7 Å². The van der Waals surface area contributed by atoms with Gasteiger partial charge in [-0.25, -0.2) is 4.98 Å². The van der Waals surface area contributed by atoms with Crippen molar-refractivity contribution in [3.05, 3.63) is 23.4 Å². The van der Waals surface area contributed by atoms with E-state index in [1.165, 1.54) is 0 Å². The molecule has 2 atom stereocenters. The number of rotatable bonds is 2. The molecule has 1 aliphatic heterocycles. The van der Waals surface area contributed by atoms with Crippen LogP contribution in [0, 0.1) is 12.8 Å². The topological polar surface area (TPSA) is 74.7 Å². The van der Waals surface area contributed by atoms with Gasteiger partial charge in [0.15, 0.2) is 5.84 Å². The van der Waals surface area contributed by atoms with Crippen LogP contribution in [0.25, 0.3) is 0 Å². The van der Waals surface area contributed by atoms with E-state index in [9.17, 15) is 0 Å². The highest BCUT2D eigenvalue weighted by atomic mass is 16.4. The standard InChI is InChI=1S/C14H22N4O/c1-9-5-7-18(11(3)8-9)14-12(13(15)17-19)10(2)4-6-16-14/h4,6,9,11,19H,5,7-8H2,1-3H3,(H2,15,17). The zero-order valence-electron chi connectivity index (χ0n) is 11.8. The summed E-state index contributed by atoms with van der Waals surface area (Å²) in [6.07, 6.45) is 4.07. The van der Waals surface area contributed by atoms with E-state index in [4.69, 9.17) is 10.9 Å². The Labute approximate surface area is 114 Å². The lowest BCUT2D eigenvalue weighted by Gasteiger charge is -2.38. The number of piperidine rings is 1. The quantitative estimate of drug-likeness (QED) is 0.370. The van der Waals surface area contributed by atoms with Gasteiger partial charge in [0.25, 0.3) is 0 Å². The highest BCUT2D eigenvalue weighted by Gasteiger charge is 2.27. The van der Waals surface area contributed by atoms with Crippen molar-refractivity contribution in [1.29, 1.82) is 0 Å². The van der Waals surface area contributed by atoms with E-state index < -0.39 is 0 Å². The van der Waals surface area contributed by atoms with Gasteiger partial charge in [0, 0.05) is 18.8 Å². The van der Waals surface area contributed by atoms with Gasteiger partial charge in [-0.15, -0.1) is 0 Å². The summed E-state index contributed by atoms with van der Waals surface area (Å²) in [6.45, 7) is 7.40. The van der Waals surface area contributed by atoms with Crippen molar-refractivity contribution in [2.75, 3.05) is 11.4 Å². The van der Waals surface area contributed by atoms with Crippen LogP contribution in [0.15, 0.2) is 17.4 Å². The van der Waals surface area contributed by atoms with Crippen LogP contribution in [0.3, 0.4) is 0 Å². The van der Waals surface area contributed by atoms with E-state index in [2.05, 4.69) is 28.9 Å². The lowest BCUT2D eigenvalue weighted by molar-refractivity contribution is 0.318. The van der Waals surface area contributed by atoms with E-state index in [1.807, 2.05) is 13.0 Å². The van der Waals surface area contributed by atoms with Crippen molar-refractivity contribution in [3.63, 3.8) is 0 Å². The van der Waals surface area contributed by atoms with Crippen LogP contribution in [0.2, 0.25) is 0 Å². The molecule has 0 spiro atoms. The number of aromatic nitrogens is 1. The average molecular weight is 262 g/mol. The fourth-order valence-electron chi connectivity index (χ4n) is 2.85. The lowest BCUT2D eigenvalue weighted by atomic mass is 9.93. The van der Waals surface area contributed by atoms with Crippen LogP contribution in [0.5, 0.6) is 0 Å². The molecule has 1 fully saturated rings. The monoisotopic (exact) mass is 262 g/mol. The minimum atomic E-state index is 0.131. The molecular formula is C14H22N4O. The summed E-state index contributed by atoms with van der Waals surface area (Å²) in [5, 5.41) is 12.1.